The van der Waals surface area contributed by atoms with Gasteiger partial charge in [0.1, 0.15) is 5.75 Å². The first-order chi connectivity index (χ1) is 16.9. The number of nitrogens with zero attached hydrogens (tertiary/aromatic N) is 2. The molecule has 0 bridgehead atoms. The van der Waals surface area contributed by atoms with E-state index in [9.17, 15) is 15.0 Å². The summed E-state index contributed by atoms with van der Waals surface area (Å²) in [5.41, 5.74) is 2.34. The van der Waals surface area contributed by atoms with Crippen molar-refractivity contribution in [2.24, 2.45) is 0 Å². The third-order valence-electron chi connectivity index (χ3n) is 7.63. The van der Waals surface area contributed by atoms with Crippen molar-refractivity contribution in [3.8, 4) is 5.75 Å². The molecule has 2 aromatic carbocycles. The van der Waals surface area contributed by atoms with Gasteiger partial charge in [-0.2, -0.15) is 0 Å². The molecule has 1 unspecified atom stereocenters. The predicted molar refractivity (Wildman–Crippen MR) is 138 cm³/mol. The largest absolute Gasteiger partial charge is 0.497 e. The van der Waals surface area contributed by atoms with Crippen LogP contribution in [-0.4, -0.2) is 77.5 Å². The summed E-state index contributed by atoms with van der Waals surface area (Å²) in [6, 6.07) is 16.3. The molecular formula is C29H38N2O4. The standard InChI is InChI=1S/C29H38N2O4/c1-22-4-3-5-23(20-22)6-11-28(33)31-18-14-29(34,15-19-31)27(32)21-30-16-12-25(13-17-30)24-7-9-26(35-2)10-8-24/h3-11,20,25,27,32,34H,12-19,21H2,1-2H3/b11-6+. The summed E-state index contributed by atoms with van der Waals surface area (Å²) in [7, 11) is 1.68. The fourth-order valence-corrected chi connectivity index (χ4v) is 5.23. The van der Waals surface area contributed by atoms with Gasteiger partial charge < -0.3 is 24.7 Å². The normalized spacial score (nSPS) is 20.2. The lowest BCUT2D eigenvalue weighted by Gasteiger charge is -2.43. The molecule has 0 aliphatic carbocycles. The average Bonchev–Trinajstić information content (AvgIpc) is 2.88. The van der Waals surface area contributed by atoms with E-state index in [0.29, 0.717) is 38.4 Å². The van der Waals surface area contributed by atoms with E-state index in [4.69, 9.17) is 4.74 Å². The number of carbonyl (C=O) groups excluding carboxylic acids is 1. The van der Waals surface area contributed by atoms with Crippen molar-refractivity contribution in [1.29, 1.82) is 0 Å². The third-order valence-corrected chi connectivity index (χ3v) is 7.63. The van der Waals surface area contributed by atoms with Gasteiger partial charge in [0.25, 0.3) is 0 Å². The highest BCUT2D eigenvalue weighted by atomic mass is 16.5. The second-order valence-electron chi connectivity index (χ2n) is 10.0. The van der Waals surface area contributed by atoms with Crippen LogP contribution in [-0.2, 0) is 4.79 Å². The van der Waals surface area contributed by atoms with Gasteiger partial charge >= 0.3 is 0 Å². The van der Waals surface area contributed by atoms with E-state index in [0.717, 1.165) is 42.8 Å². The Bertz CT molecular complexity index is 1000. The maximum Gasteiger partial charge on any atom is 0.246 e. The smallest absolute Gasteiger partial charge is 0.246 e. The molecule has 35 heavy (non-hydrogen) atoms. The Morgan fingerprint density at radius 2 is 1.80 bits per heavy atom. The summed E-state index contributed by atoms with van der Waals surface area (Å²) >= 11 is 0. The highest BCUT2D eigenvalue weighted by molar-refractivity contribution is 5.91. The number of rotatable bonds is 7. The molecule has 0 aromatic heterocycles. The molecule has 1 atom stereocenters. The zero-order valence-corrected chi connectivity index (χ0v) is 20.9. The lowest BCUT2D eigenvalue weighted by Crippen LogP contribution is -2.56. The third kappa shape index (κ3) is 6.51. The molecule has 2 aliphatic heterocycles. The summed E-state index contributed by atoms with van der Waals surface area (Å²) in [5, 5.41) is 22.0. The van der Waals surface area contributed by atoms with Gasteiger partial charge in [-0.3, -0.25) is 4.79 Å². The Morgan fingerprint density at radius 1 is 1.11 bits per heavy atom. The van der Waals surface area contributed by atoms with Gasteiger partial charge in [-0.1, -0.05) is 42.0 Å². The van der Waals surface area contributed by atoms with Crippen LogP contribution >= 0.6 is 0 Å². The highest BCUT2D eigenvalue weighted by Gasteiger charge is 2.40. The Kier molecular flexibility index (Phi) is 8.26. The van der Waals surface area contributed by atoms with Gasteiger partial charge in [0.2, 0.25) is 5.91 Å². The Hall–Kier alpha value is -2.67. The van der Waals surface area contributed by atoms with Crippen molar-refractivity contribution in [2.75, 3.05) is 39.8 Å². The average molecular weight is 479 g/mol. The minimum atomic E-state index is -1.15. The predicted octanol–water partition coefficient (Wildman–Crippen LogP) is 3.61. The second kappa shape index (κ2) is 11.4. The molecule has 2 aromatic rings. The molecule has 4 rings (SSSR count). The SMILES string of the molecule is COc1ccc(C2CCN(CC(O)C3(O)CCN(C(=O)/C=C/c4cccc(C)c4)CC3)CC2)cc1. The number of amides is 1. The second-order valence-corrected chi connectivity index (χ2v) is 10.0. The summed E-state index contributed by atoms with van der Waals surface area (Å²) in [6.45, 7) is 5.19. The van der Waals surface area contributed by atoms with Gasteiger partial charge in [0.05, 0.1) is 18.8 Å². The molecule has 2 heterocycles. The molecule has 0 saturated carbocycles. The molecule has 2 saturated heterocycles. The zero-order valence-electron chi connectivity index (χ0n) is 20.9. The number of carbonyl (C=O) groups is 1. The van der Waals surface area contributed by atoms with Crippen LogP contribution in [0.3, 0.4) is 0 Å². The first-order valence-electron chi connectivity index (χ1n) is 12.7. The number of benzene rings is 2. The van der Waals surface area contributed by atoms with E-state index in [2.05, 4.69) is 17.0 Å². The molecule has 6 nitrogen and oxygen atoms in total. The zero-order chi connectivity index (χ0) is 24.8. The Morgan fingerprint density at radius 3 is 2.43 bits per heavy atom. The number of likely N-dealkylation sites (tertiary alicyclic amines) is 2. The number of aryl methyl sites for hydroxylation is 1. The van der Waals surface area contributed by atoms with Gasteiger partial charge in [0.15, 0.2) is 0 Å². The number of aliphatic hydroxyl groups is 2. The van der Waals surface area contributed by atoms with Crippen LogP contribution in [0, 0.1) is 6.92 Å². The van der Waals surface area contributed by atoms with Gasteiger partial charge in [-0.25, -0.2) is 0 Å². The first-order valence-corrected chi connectivity index (χ1v) is 12.7. The van der Waals surface area contributed by atoms with E-state index < -0.39 is 11.7 Å². The highest BCUT2D eigenvalue weighted by Crippen LogP contribution is 2.31. The molecule has 6 heteroatoms. The fraction of sp³-hybridized carbons (Fsp3) is 0.483. The van der Waals surface area contributed by atoms with Crippen molar-refractivity contribution in [3.63, 3.8) is 0 Å². The number of hydrogen-bond acceptors (Lipinski definition) is 5. The van der Waals surface area contributed by atoms with Crippen LogP contribution in [0.5, 0.6) is 5.75 Å². The molecule has 0 radical (unpaired) electrons. The number of hydrogen-bond donors (Lipinski definition) is 2. The number of methoxy groups -OCH3 is 1. The monoisotopic (exact) mass is 478 g/mol. The molecule has 2 fully saturated rings. The van der Waals surface area contributed by atoms with Crippen LogP contribution in [0.1, 0.15) is 48.3 Å². The van der Waals surface area contributed by atoms with Gasteiger partial charge in [0, 0.05) is 25.7 Å². The first kappa shape index (κ1) is 25.4. The lowest BCUT2D eigenvalue weighted by molar-refractivity contribution is -0.140. The maximum absolute atomic E-state index is 12.6. The summed E-state index contributed by atoms with van der Waals surface area (Å²) < 4.78 is 5.25. The summed E-state index contributed by atoms with van der Waals surface area (Å²) in [6.07, 6.45) is 5.46. The number of β-amino-alcohol motifs (C(OH)–C–C–N with tert-alkyl or cyclic N) is 1. The van der Waals surface area contributed by atoms with Gasteiger partial charge in [-0.15, -0.1) is 0 Å². The van der Waals surface area contributed by atoms with E-state index >= 15 is 0 Å². The van der Waals surface area contributed by atoms with E-state index in [1.807, 2.05) is 49.4 Å². The molecule has 2 aliphatic rings. The van der Waals surface area contributed by atoms with Gasteiger partial charge in [-0.05, 0) is 81.0 Å². The van der Waals surface area contributed by atoms with Crippen LogP contribution in [0.25, 0.3) is 6.08 Å². The minimum absolute atomic E-state index is 0.0522. The van der Waals surface area contributed by atoms with Crippen molar-refractivity contribution in [3.05, 3.63) is 71.3 Å². The van der Waals surface area contributed by atoms with Crippen molar-refractivity contribution >= 4 is 12.0 Å². The maximum atomic E-state index is 12.6. The van der Waals surface area contributed by atoms with E-state index in [1.54, 1.807) is 18.1 Å². The number of piperidine rings is 2. The summed E-state index contributed by atoms with van der Waals surface area (Å²) in [5.74, 6) is 1.33. The topological polar surface area (TPSA) is 73.2 Å². The molecule has 188 valence electrons. The van der Waals surface area contributed by atoms with Crippen LogP contribution in [0.15, 0.2) is 54.6 Å². The number of aliphatic hydroxyl groups excluding tert-OH is 1. The molecular weight excluding hydrogens is 440 g/mol. The summed E-state index contributed by atoms with van der Waals surface area (Å²) in [4.78, 5) is 16.6. The van der Waals surface area contributed by atoms with Crippen molar-refractivity contribution < 1.29 is 19.7 Å². The number of ether oxygens (including phenoxy) is 1. The molecule has 0 spiro atoms. The molecule has 2 N–H and O–H groups in total. The van der Waals surface area contributed by atoms with E-state index in [1.165, 1.54) is 5.56 Å². The van der Waals surface area contributed by atoms with Crippen LogP contribution in [0.2, 0.25) is 0 Å². The Labute approximate surface area is 208 Å². The van der Waals surface area contributed by atoms with Crippen LogP contribution in [0.4, 0.5) is 0 Å². The minimum Gasteiger partial charge on any atom is -0.497 e. The van der Waals surface area contributed by atoms with Crippen molar-refractivity contribution in [2.45, 2.75) is 50.2 Å². The lowest BCUT2D eigenvalue weighted by atomic mass is 9.84. The molecule has 1 amide bonds. The quantitative estimate of drug-likeness (QED) is 0.595. The fourth-order valence-electron chi connectivity index (χ4n) is 5.23. The van der Waals surface area contributed by atoms with Crippen LogP contribution < -0.4 is 4.74 Å². The van der Waals surface area contributed by atoms with E-state index in [-0.39, 0.29) is 5.91 Å². The Balaban J connectivity index is 1.23. The van der Waals surface area contributed by atoms with Crippen molar-refractivity contribution in [1.82, 2.24) is 9.80 Å².